The van der Waals surface area contributed by atoms with Crippen molar-refractivity contribution in [2.24, 2.45) is 22.7 Å². The molecule has 4 rings (SSSR count). The van der Waals surface area contributed by atoms with Crippen molar-refractivity contribution in [3.05, 3.63) is 50.3 Å². The number of hydrogen-bond acceptors (Lipinski definition) is 10. The summed E-state index contributed by atoms with van der Waals surface area (Å²) in [6.07, 6.45) is 1.57. The lowest BCUT2D eigenvalue weighted by Gasteiger charge is -2.50. The van der Waals surface area contributed by atoms with E-state index in [2.05, 4.69) is 17.0 Å². The monoisotopic (exact) mass is 536 g/mol. The van der Waals surface area contributed by atoms with Crippen LogP contribution in [-0.4, -0.2) is 77.5 Å². The minimum atomic E-state index is -2.69. The molecule has 0 radical (unpaired) electrons. The Morgan fingerprint density at radius 3 is 2.44 bits per heavy atom. The number of Topliss-reactive ketones (excluding diaryl/α,β-unsaturated/α-hetero) is 2. The number of unbranched alkanes of at least 4 members (excludes halogenated alkanes) is 1. The summed E-state index contributed by atoms with van der Waals surface area (Å²) >= 11 is 0. The SMILES string of the molecule is CCCC#Cc1cc(N(C)C)c2c(c1N=O)C(=O)C1=C(O)[C@]3(O)C(=O)C(C(N)=O)=C(O)[C@@H](N(C)C)[C@@H]3C[C@@H]1C2. The molecule has 0 bridgehead atoms. The summed E-state index contributed by atoms with van der Waals surface area (Å²) < 4.78 is 0. The second kappa shape index (κ2) is 9.94. The molecule has 0 spiro atoms. The van der Waals surface area contributed by atoms with Crippen LogP contribution in [0.2, 0.25) is 0 Å². The Bertz CT molecular complexity index is 1430. The molecule has 0 aliphatic heterocycles. The number of carbonyl (C=O) groups excluding carboxylic acids is 3. The van der Waals surface area contributed by atoms with Gasteiger partial charge >= 0.3 is 0 Å². The highest BCUT2D eigenvalue weighted by Crippen LogP contribution is 2.53. The number of aliphatic hydroxyl groups is 3. The molecule has 206 valence electrons. The number of benzene rings is 1. The molecule has 0 unspecified atom stereocenters. The Balaban J connectivity index is 2.01. The van der Waals surface area contributed by atoms with E-state index in [1.807, 2.05) is 6.92 Å². The van der Waals surface area contributed by atoms with Crippen molar-refractivity contribution in [3.63, 3.8) is 0 Å². The topological polar surface area (TPSA) is 174 Å². The van der Waals surface area contributed by atoms with Crippen molar-refractivity contribution in [1.29, 1.82) is 0 Å². The molecule has 0 saturated heterocycles. The fourth-order valence-corrected chi connectivity index (χ4v) is 6.17. The Labute approximate surface area is 225 Å². The van der Waals surface area contributed by atoms with Crippen LogP contribution in [0, 0.1) is 28.6 Å². The van der Waals surface area contributed by atoms with E-state index in [4.69, 9.17) is 5.73 Å². The predicted molar refractivity (Wildman–Crippen MR) is 144 cm³/mol. The van der Waals surface area contributed by atoms with Gasteiger partial charge in [-0.2, -0.15) is 0 Å². The fraction of sp³-hybridized carbons (Fsp3) is 0.464. The lowest BCUT2D eigenvalue weighted by atomic mass is 9.58. The highest BCUT2D eigenvalue weighted by molar-refractivity contribution is 6.25. The molecule has 3 aliphatic rings. The molecule has 39 heavy (non-hydrogen) atoms. The third-order valence-electron chi connectivity index (χ3n) is 7.87. The Morgan fingerprint density at radius 2 is 1.90 bits per heavy atom. The van der Waals surface area contributed by atoms with Gasteiger partial charge in [0.05, 0.1) is 17.2 Å². The number of fused-ring (bicyclic) bond motifs is 3. The van der Waals surface area contributed by atoms with Crippen LogP contribution in [0.1, 0.15) is 47.7 Å². The summed E-state index contributed by atoms with van der Waals surface area (Å²) in [4.78, 5) is 55.0. The summed E-state index contributed by atoms with van der Waals surface area (Å²) in [5.41, 5.74) is 2.84. The molecule has 5 N–H and O–H groups in total. The number of nitrogens with zero attached hydrogens (tertiary/aromatic N) is 3. The number of nitrogens with two attached hydrogens (primary N) is 1. The van der Waals surface area contributed by atoms with E-state index in [1.54, 1.807) is 39.2 Å². The molecule has 1 aromatic rings. The highest BCUT2D eigenvalue weighted by Gasteiger charge is 2.63. The number of amides is 1. The average Bonchev–Trinajstić information content (AvgIpc) is 2.85. The van der Waals surface area contributed by atoms with Crippen LogP contribution in [0.4, 0.5) is 11.4 Å². The zero-order chi connectivity index (χ0) is 29.0. The zero-order valence-corrected chi connectivity index (χ0v) is 22.5. The molecule has 11 heteroatoms. The number of primary amides is 1. The summed E-state index contributed by atoms with van der Waals surface area (Å²) in [6.45, 7) is 1.96. The van der Waals surface area contributed by atoms with Gasteiger partial charge in [-0.15, -0.1) is 4.91 Å². The van der Waals surface area contributed by atoms with Crippen molar-refractivity contribution in [3.8, 4) is 11.8 Å². The summed E-state index contributed by atoms with van der Waals surface area (Å²) in [5, 5.41) is 37.2. The van der Waals surface area contributed by atoms with Gasteiger partial charge in [-0.05, 0) is 56.1 Å². The Hall–Kier alpha value is -4.01. The maximum Gasteiger partial charge on any atom is 0.255 e. The van der Waals surface area contributed by atoms with Gasteiger partial charge in [0, 0.05) is 37.7 Å². The molecule has 0 aromatic heterocycles. The van der Waals surface area contributed by atoms with Crippen molar-refractivity contribution in [2.45, 2.75) is 44.2 Å². The number of hydrogen-bond donors (Lipinski definition) is 4. The van der Waals surface area contributed by atoms with E-state index in [9.17, 15) is 34.6 Å². The molecule has 11 nitrogen and oxygen atoms in total. The minimum Gasteiger partial charge on any atom is -0.510 e. The summed E-state index contributed by atoms with van der Waals surface area (Å²) in [6, 6.07) is 0.659. The molecule has 1 aromatic carbocycles. The van der Waals surface area contributed by atoms with E-state index >= 15 is 0 Å². The minimum absolute atomic E-state index is 0.0144. The fourth-order valence-electron chi connectivity index (χ4n) is 6.17. The van der Waals surface area contributed by atoms with Gasteiger partial charge < -0.3 is 26.0 Å². The third-order valence-corrected chi connectivity index (χ3v) is 7.87. The summed E-state index contributed by atoms with van der Waals surface area (Å²) in [5.74, 6) is -0.687. The summed E-state index contributed by atoms with van der Waals surface area (Å²) in [7, 11) is 6.74. The van der Waals surface area contributed by atoms with Crippen LogP contribution >= 0.6 is 0 Å². The molecule has 4 atom stereocenters. The lowest BCUT2D eigenvalue weighted by molar-refractivity contribution is -0.148. The first kappa shape index (κ1) is 28.0. The van der Waals surface area contributed by atoms with Crippen LogP contribution in [0.3, 0.4) is 0 Å². The Kier molecular flexibility index (Phi) is 7.14. The number of likely N-dealkylation sites (N-methyl/N-ethyl adjacent to an activating group) is 1. The maximum absolute atomic E-state index is 14.0. The van der Waals surface area contributed by atoms with E-state index < -0.39 is 58.0 Å². The predicted octanol–water partition coefficient (Wildman–Crippen LogP) is 2.03. The van der Waals surface area contributed by atoms with Gasteiger partial charge in [0.2, 0.25) is 5.78 Å². The normalized spacial score (nSPS) is 26.0. The van der Waals surface area contributed by atoms with E-state index in [0.29, 0.717) is 17.7 Å². The Morgan fingerprint density at radius 1 is 1.23 bits per heavy atom. The van der Waals surface area contributed by atoms with Gasteiger partial charge in [0.15, 0.2) is 11.4 Å². The van der Waals surface area contributed by atoms with Crippen molar-refractivity contribution >= 4 is 28.8 Å². The lowest BCUT2D eigenvalue weighted by Crippen LogP contribution is -2.63. The first-order valence-corrected chi connectivity index (χ1v) is 12.7. The molecule has 0 saturated carbocycles. The van der Waals surface area contributed by atoms with Crippen LogP contribution in [0.5, 0.6) is 0 Å². The molecule has 0 fully saturated rings. The van der Waals surface area contributed by atoms with Crippen LogP contribution in [-0.2, 0) is 16.0 Å². The van der Waals surface area contributed by atoms with Gasteiger partial charge in [-0.25, -0.2) is 0 Å². The van der Waals surface area contributed by atoms with Crippen LogP contribution < -0.4 is 10.6 Å². The van der Waals surface area contributed by atoms with Crippen LogP contribution in [0.15, 0.2) is 33.9 Å². The maximum atomic E-state index is 14.0. The number of carbonyl (C=O) groups is 3. The number of nitroso groups, excluding NO2 is 1. The number of anilines is 1. The van der Waals surface area contributed by atoms with Gasteiger partial charge in [-0.3, -0.25) is 19.3 Å². The quantitative estimate of drug-likeness (QED) is 0.249. The van der Waals surface area contributed by atoms with E-state index in [0.717, 1.165) is 6.42 Å². The number of aliphatic hydroxyl groups excluding tert-OH is 2. The molecular weight excluding hydrogens is 504 g/mol. The standard InChI is InChI=1S/C28H32N4O7/c1-6-7-8-9-13-12-17(31(2)3)15-10-14-11-16-22(32(4)5)24(34)20(27(29)37)26(36)28(16,38)25(35)18(14)23(33)19(15)21(13)30-39/h12,14,16,22,34-35,38H,6-7,10-11H2,1-5H3,(H2,29,37)/t14-,16-,22-,28-/m0/s1. The molecule has 0 heterocycles. The number of allylic oxidation sites excluding steroid dienone is 1. The number of ketones is 2. The third kappa shape index (κ3) is 4.02. The smallest absolute Gasteiger partial charge is 0.255 e. The first-order valence-electron chi connectivity index (χ1n) is 12.7. The zero-order valence-electron chi connectivity index (χ0n) is 22.5. The second-order valence-electron chi connectivity index (χ2n) is 10.6. The van der Waals surface area contributed by atoms with Crippen molar-refractivity contribution in [2.75, 3.05) is 33.1 Å². The van der Waals surface area contributed by atoms with E-state index in [1.165, 1.54) is 4.90 Å². The van der Waals surface area contributed by atoms with Crippen molar-refractivity contribution < 1.29 is 29.7 Å². The molecule has 1 amide bonds. The van der Waals surface area contributed by atoms with Crippen molar-refractivity contribution in [1.82, 2.24) is 4.90 Å². The number of rotatable bonds is 5. The van der Waals surface area contributed by atoms with Gasteiger partial charge in [0.25, 0.3) is 5.91 Å². The van der Waals surface area contributed by atoms with E-state index in [-0.39, 0.29) is 35.2 Å². The van der Waals surface area contributed by atoms with Gasteiger partial charge in [0.1, 0.15) is 22.8 Å². The average molecular weight is 537 g/mol. The largest absolute Gasteiger partial charge is 0.510 e. The van der Waals surface area contributed by atoms with Gasteiger partial charge in [-0.1, -0.05) is 18.8 Å². The molecular formula is C28H32N4O7. The molecule has 3 aliphatic carbocycles. The second-order valence-corrected chi connectivity index (χ2v) is 10.6. The van der Waals surface area contributed by atoms with Crippen LogP contribution in [0.25, 0.3) is 0 Å². The first-order chi connectivity index (χ1) is 18.3. The highest BCUT2D eigenvalue weighted by atomic mass is 16.3.